The van der Waals surface area contributed by atoms with Crippen molar-refractivity contribution in [1.82, 2.24) is 5.32 Å². The molecule has 2 unspecified atom stereocenters. The number of rotatable bonds is 5. The van der Waals surface area contributed by atoms with Crippen LogP contribution in [-0.4, -0.2) is 54.6 Å². The topological polar surface area (TPSA) is 105 Å². The number of ether oxygens (including phenoxy) is 2. The lowest BCUT2D eigenvalue weighted by Crippen LogP contribution is -2.31. The molecule has 0 saturated carbocycles. The Morgan fingerprint density at radius 1 is 1.09 bits per heavy atom. The Hall–Kier alpha value is -2.38. The smallest absolute Gasteiger partial charge is 0.328 e. The van der Waals surface area contributed by atoms with Crippen molar-refractivity contribution in [1.29, 1.82) is 0 Å². The second kappa shape index (κ2) is 9.54. The molecule has 1 aliphatic rings. The molecular formula is C15H19NO6. The maximum atomic E-state index is 9.55. The Morgan fingerprint density at radius 2 is 1.64 bits per heavy atom. The molecule has 2 rings (SSSR count). The number of benzene rings is 1. The van der Waals surface area contributed by atoms with Crippen LogP contribution in [0.3, 0.4) is 0 Å². The van der Waals surface area contributed by atoms with Crippen molar-refractivity contribution in [3.63, 3.8) is 0 Å². The normalized spacial score (nSPS) is 20.2. The van der Waals surface area contributed by atoms with Gasteiger partial charge in [0.05, 0.1) is 0 Å². The summed E-state index contributed by atoms with van der Waals surface area (Å²) >= 11 is 0. The number of carbonyl (C=O) groups is 2. The Labute approximate surface area is 128 Å². The highest BCUT2D eigenvalue weighted by atomic mass is 16.5. The summed E-state index contributed by atoms with van der Waals surface area (Å²) in [7, 11) is 1.72. The van der Waals surface area contributed by atoms with Gasteiger partial charge in [-0.2, -0.15) is 0 Å². The molecular weight excluding hydrogens is 290 g/mol. The maximum Gasteiger partial charge on any atom is 0.328 e. The molecule has 3 N–H and O–H groups in total. The van der Waals surface area contributed by atoms with Gasteiger partial charge in [-0.05, 0) is 12.1 Å². The summed E-state index contributed by atoms with van der Waals surface area (Å²) in [5, 5.41) is 18.9. The first kappa shape index (κ1) is 17.7. The van der Waals surface area contributed by atoms with E-state index in [-0.39, 0.29) is 12.2 Å². The van der Waals surface area contributed by atoms with Gasteiger partial charge >= 0.3 is 11.9 Å². The summed E-state index contributed by atoms with van der Waals surface area (Å²) in [4.78, 5) is 19.1. The zero-order valence-corrected chi connectivity index (χ0v) is 12.1. The van der Waals surface area contributed by atoms with Crippen LogP contribution in [0.4, 0.5) is 0 Å². The zero-order chi connectivity index (χ0) is 16.4. The molecule has 0 spiro atoms. The fourth-order valence-corrected chi connectivity index (χ4v) is 1.80. The van der Waals surface area contributed by atoms with E-state index in [0.29, 0.717) is 12.2 Å². The van der Waals surface area contributed by atoms with Gasteiger partial charge in [-0.1, -0.05) is 18.2 Å². The van der Waals surface area contributed by atoms with E-state index >= 15 is 0 Å². The number of methoxy groups -OCH3 is 1. The van der Waals surface area contributed by atoms with Gasteiger partial charge in [0.1, 0.15) is 18.0 Å². The summed E-state index contributed by atoms with van der Waals surface area (Å²) in [5.74, 6) is -1.61. The summed E-state index contributed by atoms with van der Waals surface area (Å²) in [5.41, 5.74) is 0. The molecule has 0 radical (unpaired) electrons. The quantitative estimate of drug-likeness (QED) is 0.690. The minimum absolute atomic E-state index is 0.127. The Morgan fingerprint density at radius 3 is 2.14 bits per heavy atom. The molecule has 0 amide bonds. The Bertz CT molecular complexity index is 486. The van der Waals surface area contributed by atoms with E-state index in [4.69, 9.17) is 19.7 Å². The van der Waals surface area contributed by atoms with Gasteiger partial charge in [0.25, 0.3) is 0 Å². The molecule has 7 heteroatoms. The standard InChI is InChI=1S/C11H15NO2.C4H4O4/c1-13-10-7-12-8-11(10)14-9-5-3-2-4-6-9;5-3(6)1-2-4(7)8/h2-6,10-12H,7-8H2,1H3;1-2H,(H,5,6)(H,7,8). The first-order chi connectivity index (χ1) is 10.5. The van der Waals surface area contributed by atoms with Crippen LogP contribution in [0.5, 0.6) is 5.75 Å². The first-order valence-electron chi connectivity index (χ1n) is 6.62. The van der Waals surface area contributed by atoms with Crippen LogP contribution < -0.4 is 10.1 Å². The van der Waals surface area contributed by atoms with Crippen LogP contribution in [0.25, 0.3) is 0 Å². The summed E-state index contributed by atoms with van der Waals surface area (Å²) in [6.07, 6.45) is 1.41. The fourth-order valence-electron chi connectivity index (χ4n) is 1.80. The van der Waals surface area contributed by atoms with E-state index in [1.807, 2.05) is 30.3 Å². The molecule has 2 atom stereocenters. The highest BCUT2D eigenvalue weighted by molar-refractivity contribution is 5.89. The number of hydrogen-bond acceptors (Lipinski definition) is 5. The van der Waals surface area contributed by atoms with Gasteiger partial charge in [0.2, 0.25) is 0 Å². The Balaban J connectivity index is 0.000000261. The van der Waals surface area contributed by atoms with Gasteiger partial charge in [-0.3, -0.25) is 0 Å². The van der Waals surface area contributed by atoms with Crippen LogP contribution in [0, 0.1) is 0 Å². The van der Waals surface area contributed by atoms with Crippen molar-refractivity contribution in [3.05, 3.63) is 42.5 Å². The number of nitrogens with one attached hydrogen (secondary N) is 1. The summed E-state index contributed by atoms with van der Waals surface area (Å²) in [6, 6.07) is 9.85. The monoisotopic (exact) mass is 309 g/mol. The van der Waals surface area contributed by atoms with Gasteiger partial charge in [0, 0.05) is 32.4 Å². The molecule has 1 fully saturated rings. The molecule has 1 aliphatic heterocycles. The lowest BCUT2D eigenvalue weighted by molar-refractivity contribution is -0.134. The van der Waals surface area contributed by atoms with Gasteiger partial charge in [0.15, 0.2) is 0 Å². The predicted molar refractivity (Wildman–Crippen MR) is 78.9 cm³/mol. The van der Waals surface area contributed by atoms with Crippen LogP contribution in [0.2, 0.25) is 0 Å². The van der Waals surface area contributed by atoms with Crippen LogP contribution >= 0.6 is 0 Å². The van der Waals surface area contributed by atoms with E-state index in [1.165, 1.54) is 0 Å². The number of para-hydroxylation sites is 1. The van der Waals surface area contributed by atoms with E-state index < -0.39 is 11.9 Å². The summed E-state index contributed by atoms with van der Waals surface area (Å²) < 4.78 is 11.1. The van der Waals surface area contributed by atoms with E-state index in [1.54, 1.807) is 7.11 Å². The van der Waals surface area contributed by atoms with Crippen molar-refractivity contribution in [2.45, 2.75) is 12.2 Å². The lowest BCUT2D eigenvalue weighted by atomic mass is 10.2. The SMILES string of the molecule is COC1CNCC1Oc1ccccc1.O=C(O)C=CC(=O)O. The molecule has 1 heterocycles. The van der Waals surface area contributed by atoms with Crippen LogP contribution in [0.15, 0.2) is 42.5 Å². The number of carboxylic acids is 2. The minimum Gasteiger partial charge on any atom is -0.486 e. The lowest BCUT2D eigenvalue weighted by Gasteiger charge is -2.18. The number of carboxylic acid groups (broad SMARTS) is 2. The highest BCUT2D eigenvalue weighted by Gasteiger charge is 2.28. The molecule has 0 aromatic heterocycles. The number of hydrogen-bond donors (Lipinski definition) is 3. The maximum absolute atomic E-state index is 9.55. The minimum atomic E-state index is -1.26. The van der Waals surface area contributed by atoms with Crippen molar-refractivity contribution < 1.29 is 29.3 Å². The molecule has 0 bridgehead atoms. The fraction of sp³-hybridized carbons (Fsp3) is 0.333. The van der Waals surface area contributed by atoms with Crippen molar-refractivity contribution in [2.24, 2.45) is 0 Å². The Kier molecular flexibility index (Phi) is 7.66. The second-order valence-corrected chi connectivity index (χ2v) is 4.41. The zero-order valence-electron chi connectivity index (χ0n) is 12.1. The predicted octanol–water partition coefficient (Wildman–Crippen LogP) is 0.764. The van der Waals surface area contributed by atoms with E-state index in [0.717, 1.165) is 18.8 Å². The molecule has 1 aromatic carbocycles. The molecule has 1 saturated heterocycles. The van der Waals surface area contributed by atoms with E-state index in [2.05, 4.69) is 5.32 Å². The molecule has 0 aliphatic carbocycles. The number of aliphatic carboxylic acids is 2. The third kappa shape index (κ3) is 6.87. The van der Waals surface area contributed by atoms with Crippen molar-refractivity contribution >= 4 is 11.9 Å². The van der Waals surface area contributed by atoms with Gasteiger partial charge in [-0.25, -0.2) is 9.59 Å². The molecule has 22 heavy (non-hydrogen) atoms. The summed E-state index contributed by atoms with van der Waals surface area (Å²) in [6.45, 7) is 1.72. The second-order valence-electron chi connectivity index (χ2n) is 4.41. The van der Waals surface area contributed by atoms with Crippen LogP contribution in [0.1, 0.15) is 0 Å². The van der Waals surface area contributed by atoms with E-state index in [9.17, 15) is 9.59 Å². The average molecular weight is 309 g/mol. The first-order valence-corrected chi connectivity index (χ1v) is 6.62. The van der Waals surface area contributed by atoms with Gasteiger partial charge < -0.3 is 25.0 Å². The largest absolute Gasteiger partial charge is 0.486 e. The average Bonchev–Trinajstić information content (AvgIpc) is 2.94. The van der Waals surface area contributed by atoms with Crippen LogP contribution in [-0.2, 0) is 14.3 Å². The van der Waals surface area contributed by atoms with Crippen molar-refractivity contribution in [2.75, 3.05) is 20.2 Å². The van der Waals surface area contributed by atoms with Crippen molar-refractivity contribution in [3.8, 4) is 5.75 Å². The third-order valence-corrected chi connectivity index (χ3v) is 2.81. The molecule has 120 valence electrons. The molecule has 1 aromatic rings. The third-order valence-electron chi connectivity index (χ3n) is 2.81. The van der Waals surface area contributed by atoms with Gasteiger partial charge in [-0.15, -0.1) is 0 Å². The molecule has 7 nitrogen and oxygen atoms in total. The highest BCUT2D eigenvalue weighted by Crippen LogP contribution is 2.15.